The van der Waals surface area contributed by atoms with E-state index < -0.39 is 0 Å². The number of hydrogen-bond donors (Lipinski definition) is 2. The Labute approximate surface area is 171 Å². The molecule has 0 radical (unpaired) electrons. The van der Waals surface area contributed by atoms with E-state index in [4.69, 9.17) is 9.47 Å². The molecular formula is C23H28N2O4. The van der Waals surface area contributed by atoms with E-state index in [0.29, 0.717) is 44.7 Å². The van der Waals surface area contributed by atoms with Crippen LogP contribution in [-0.2, 0) is 10.2 Å². The van der Waals surface area contributed by atoms with Gasteiger partial charge in [0.15, 0.2) is 11.5 Å². The van der Waals surface area contributed by atoms with Gasteiger partial charge in [0.25, 0.3) is 5.91 Å². The van der Waals surface area contributed by atoms with Crippen LogP contribution in [0.4, 0.5) is 0 Å². The van der Waals surface area contributed by atoms with Crippen LogP contribution in [0.2, 0.25) is 0 Å². The lowest BCUT2D eigenvalue weighted by atomic mass is 9.84. The molecule has 2 aromatic rings. The largest absolute Gasteiger partial charge is 0.486 e. The molecule has 1 aliphatic rings. The third kappa shape index (κ3) is 5.73. The van der Waals surface area contributed by atoms with Crippen molar-refractivity contribution in [1.29, 1.82) is 0 Å². The van der Waals surface area contributed by atoms with Crippen molar-refractivity contribution >= 4 is 11.8 Å². The van der Waals surface area contributed by atoms with E-state index in [-0.39, 0.29) is 17.2 Å². The van der Waals surface area contributed by atoms with Crippen LogP contribution in [0, 0.1) is 0 Å². The number of ether oxygens (including phenoxy) is 2. The summed E-state index contributed by atoms with van der Waals surface area (Å²) in [4.78, 5) is 24.2. The minimum absolute atomic E-state index is 0.0235. The molecule has 0 spiro atoms. The highest BCUT2D eigenvalue weighted by atomic mass is 16.6. The molecular weight excluding hydrogens is 368 g/mol. The van der Waals surface area contributed by atoms with Crippen LogP contribution >= 0.6 is 0 Å². The fourth-order valence-electron chi connectivity index (χ4n) is 3.12. The van der Waals surface area contributed by atoms with E-state index in [9.17, 15) is 9.59 Å². The van der Waals surface area contributed by atoms with Crippen molar-refractivity contribution in [2.45, 2.75) is 32.1 Å². The lowest BCUT2D eigenvalue weighted by Crippen LogP contribution is -2.37. The van der Waals surface area contributed by atoms with Crippen LogP contribution in [0.25, 0.3) is 0 Å². The molecule has 0 saturated heterocycles. The molecule has 154 valence electrons. The molecule has 0 aliphatic carbocycles. The van der Waals surface area contributed by atoms with E-state index >= 15 is 0 Å². The molecule has 3 rings (SSSR count). The van der Waals surface area contributed by atoms with Crippen molar-refractivity contribution < 1.29 is 19.1 Å². The van der Waals surface area contributed by atoms with E-state index in [1.54, 1.807) is 12.1 Å². The Morgan fingerprint density at radius 3 is 2.45 bits per heavy atom. The second-order valence-corrected chi connectivity index (χ2v) is 7.74. The quantitative estimate of drug-likeness (QED) is 0.673. The van der Waals surface area contributed by atoms with Gasteiger partial charge in [0.2, 0.25) is 5.91 Å². The maximum Gasteiger partial charge on any atom is 0.251 e. The Kier molecular flexibility index (Phi) is 6.75. The normalized spacial score (nSPS) is 12.9. The van der Waals surface area contributed by atoms with Crippen molar-refractivity contribution in [3.8, 4) is 11.5 Å². The molecule has 0 fully saturated rings. The van der Waals surface area contributed by atoms with Crippen molar-refractivity contribution in [3.05, 3.63) is 59.7 Å². The molecule has 6 heteroatoms. The lowest BCUT2D eigenvalue weighted by Gasteiger charge is -2.28. The number of rotatable bonds is 8. The van der Waals surface area contributed by atoms with E-state index in [2.05, 4.69) is 24.5 Å². The summed E-state index contributed by atoms with van der Waals surface area (Å²) < 4.78 is 11.2. The predicted octanol–water partition coefficient (Wildman–Crippen LogP) is 3.06. The Bertz CT molecular complexity index is 849. The highest BCUT2D eigenvalue weighted by Gasteiger charge is 2.24. The highest BCUT2D eigenvalue weighted by molar-refractivity contribution is 5.94. The molecule has 0 atom stereocenters. The fourth-order valence-corrected chi connectivity index (χ4v) is 3.12. The Hall–Kier alpha value is -3.02. The number of carbonyl (C=O) groups is 2. The fraction of sp³-hybridized carbons (Fsp3) is 0.391. The number of benzene rings is 2. The molecule has 0 aromatic heterocycles. The van der Waals surface area contributed by atoms with Gasteiger partial charge >= 0.3 is 0 Å². The molecule has 2 amide bonds. The summed E-state index contributed by atoms with van der Waals surface area (Å²) in [5.41, 5.74) is 1.46. The third-order valence-electron chi connectivity index (χ3n) is 4.95. The van der Waals surface area contributed by atoms with Gasteiger partial charge in [-0.25, -0.2) is 0 Å². The van der Waals surface area contributed by atoms with Crippen LogP contribution in [-0.4, -0.2) is 38.1 Å². The van der Waals surface area contributed by atoms with E-state index in [1.807, 2.05) is 36.4 Å². The summed E-state index contributed by atoms with van der Waals surface area (Å²) in [6.45, 7) is 6.26. The zero-order valence-electron chi connectivity index (χ0n) is 17.0. The summed E-state index contributed by atoms with van der Waals surface area (Å²) in [5, 5.41) is 5.83. The first-order valence-corrected chi connectivity index (χ1v) is 9.96. The molecule has 1 aliphatic heterocycles. The number of nitrogens with one attached hydrogen (secondary N) is 2. The summed E-state index contributed by atoms with van der Waals surface area (Å²) in [6.07, 6.45) is 0.959. The molecule has 6 nitrogen and oxygen atoms in total. The monoisotopic (exact) mass is 396 g/mol. The van der Waals surface area contributed by atoms with Crippen LogP contribution in [0.1, 0.15) is 42.6 Å². The first-order chi connectivity index (χ1) is 14.0. The van der Waals surface area contributed by atoms with Crippen LogP contribution in [0.5, 0.6) is 11.5 Å². The number of fused-ring (bicyclic) bond motifs is 1. The maximum atomic E-state index is 12.2. The number of amides is 2. The summed E-state index contributed by atoms with van der Waals surface area (Å²) >= 11 is 0. The predicted molar refractivity (Wildman–Crippen MR) is 111 cm³/mol. The van der Waals surface area contributed by atoms with Crippen molar-refractivity contribution in [3.63, 3.8) is 0 Å². The molecule has 1 heterocycles. The highest BCUT2D eigenvalue weighted by Crippen LogP contribution is 2.34. The molecule has 0 unspecified atom stereocenters. The first kappa shape index (κ1) is 20.7. The van der Waals surface area contributed by atoms with Crippen molar-refractivity contribution in [2.24, 2.45) is 0 Å². The minimum Gasteiger partial charge on any atom is -0.486 e. The van der Waals surface area contributed by atoms with Gasteiger partial charge in [-0.1, -0.05) is 38.1 Å². The second kappa shape index (κ2) is 9.45. The Balaban J connectivity index is 1.41. The van der Waals surface area contributed by atoms with Crippen molar-refractivity contribution in [2.75, 3.05) is 26.3 Å². The van der Waals surface area contributed by atoms with Gasteiger partial charge in [0, 0.05) is 30.5 Å². The van der Waals surface area contributed by atoms with Gasteiger partial charge in [0.1, 0.15) is 13.2 Å². The smallest absolute Gasteiger partial charge is 0.251 e. The van der Waals surface area contributed by atoms with Crippen molar-refractivity contribution in [1.82, 2.24) is 10.6 Å². The lowest BCUT2D eigenvalue weighted by molar-refractivity contribution is -0.121. The number of carbonyl (C=O) groups excluding carboxylic acids is 2. The topological polar surface area (TPSA) is 76.7 Å². The standard InChI is InChI=1S/C23H28N2O4/c1-23(2,18-10-11-19-20(15-18)29-14-13-28-19)16-25-21(26)9-6-12-24-22(27)17-7-4-3-5-8-17/h3-5,7-8,10-11,15H,6,9,12-14,16H2,1-2H3,(H,24,27)(H,25,26). The summed E-state index contributed by atoms with van der Waals surface area (Å²) in [5.74, 6) is 1.37. The zero-order valence-corrected chi connectivity index (χ0v) is 17.0. The molecule has 2 aromatic carbocycles. The maximum absolute atomic E-state index is 12.2. The minimum atomic E-state index is -0.243. The van der Waals surface area contributed by atoms with Gasteiger partial charge in [0.05, 0.1) is 0 Å². The first-order valence-electron chi connectivity index (χ1n) is 9.96. The third-order valence-corrected chi connectivity index (χ3v) is 4.95. The summed E-state index contributed by atoms with van der Waals surface area (Å²) in [7, 11) is 0. The van der Waals surface area contributed by atoms with Gasteiger partial charge in [-0.15, -0.1) is 0 Å². The SMILES string of the molecule is CC(C)(CNC(=O)CCCNC(=O)c1ccccc1)c1ccc2c(c1)OCCO2. The zero-order chi connectivity index (χ0) is 20.7. The Morgan fingerprint density at radius 2 is 1.69 bits per heavy atom. The van der Waals surface area contributed by atoms with Crippen LogP contribution in [0.3, 0.4) is 0 Å². The number of hydrogen-bond acceptors (Lipinski definition) is 4. The molecule has 29 heavy (non-hydrogen) atoms. The molecule has 0 saturated carbocycles. The van der Waals surface area contributed by atoms with E-state index in [1.165, 1.54) is 0 Å². The molecule has 2 N–H and O–H groups in total. The second-order valence-electron chi connectivity index (χ2n) is 7.74. The average Bonchev–Trinajstić information content (AvgIpc) is 2.75. The van der Waals surface area contributed by atoms with Gasteiger partial charge < -0.3 is 20.1 Å². The van der Waals surface area contributed by atoms with Crippen LogP contribution in [0.15, 0.2) is 48.5 Å². The summed E-state index contributed by atoms with van der Waals surface area (Å²) in [6, 6.07) is 15.0. The van der Waals surface area contributed by atoms with Gasteiger partial charge in [-0.2, -0.15) is 0 Å². The van der Waals surface area contributed by atoms with Gasteiger partial charge in [-0.05, 0) is 36.2 Å². The Morgan fingerprint density at radius 1 is 0.966 bits per heavy atom. The average molecular weight is 396 g/mol. The molecule has 0 bridgehead atoms. The van der Waals surface area contributed by atoms with Crippen LogP contribution < -0.4 is 20.1 Å². The van der Waals surface area contributed by atoms with Gasteiger partial charge in [-0.3, -0.25) is 9.59 Å². The van der Waals surface area contributed by atoms with E-state index in [0.717, 1.165) is 17.1 Å².